The van der Waals surface area contributed by atoms with Crippen molar-refractivity contribution >= 4 is 11.0 Å². The van der Waals surface area contributed by atoms with Gasteiger partial charge in [0, 0.05) is 31.6 Å². The topological polar surface area (TPSA) is 47.0 Å². The first-order valence-corrected chi connectivity index (χ1v) is 7.89. The molecule has 4 heteroatoms. The third-order valence-corrected chi connectivity index (χ3v) is 4.27. The Balaban J connectivity index is 1.87. The maximum absolute atomic E-state index is 5.47. The van der Waals surface area contributed by atoms with E-state index in [1.807, 2.05) is 6.07 Å². The third-order valence-electron chi connectivity index (χ3n) is 4.27. The van der Waals surface area contributed by atoms with Crippen LogP contribution in [0, 0.1) is 5.92 Å². The molecule has 0 bridgehead atoms. The maximum atomic E-state index is 5.47. The number of aromatic nitrogens is 2. The third kappa shape index (κ3) is 3.39. The molecule has 1 aromatic heterocycles. The van der Waals surface area contributed by atoms with Crippen LogP contribution in [0.4, 0.5) is 0 Å². The summed E-state index contributed by atoms with van der Waals surface area (Å²) in [7, 11) is 0. The van der Waals surface area contributed by atoms with E-state index in [9.17, 15) is 0 Å². The molecule has 0 saturated carbocycles. The second-order valence-corrected chi connectivity index (χ2v) is 5.67. The van der Waals surface area contributed by atoms with Crippen LogP contribution in [0.25, 0.3) is 11.0 Å². The van der Waals surface area contributed by atoms with Crippen LogP contribution in [0.2, 0.25) is 0 Å². The lowest BCUT2D eigenvalue weighted by atomic mass is 9.89. The Morgan fingerprint density at radius 3 is 2.86 bits per heavy atom. The Morgan fingerprint density at radius 1 is 1.24 bits per heavy atom. The van der Waals surface area contributed by atoms with Gasteiger partial charge in [-0.15, -0.1) is 0 Å². The molecule has 0 aliphatic carbocycles. The van der Waals surface area contributed by atoms with Gasteiger partial charge in [0.05, 0.1) is 11.0 Å². The quantitative estimate of drug-likeness (QED) is 0.917. The molecule has 1 saturated heterocycles. The number of hydrogen-bond donors (Lipinski definition) is 1. The lowest BCUT2D eigenvalue weighted by molar-refractivity contribution is 0.0606. The Kier molecular flexibility index (Phi) is 4.78. The van der Waals surface area contributed by atoms with Crippen LogP contribution in [0.3, 0.4) is 0 Å². The van der Waals surface area contributed by atoms with E-state index in [-0.39, 0.29) is 0 Å². The highest BCUT2D eigenvalue weighted by Gasteiger charge is 2.21. The van der Waals surface area contributed by atoms with Gasteiger partial charge >= 0.3 is 0 Å². The zero-order valence-corrected chi connectivity index (χ0v) is 12.6. The SMILES string of the molecule is CCNC(CC1CCOCC1)c1cccc2nccnc12. The summed E-state index contributed by atoms with van der Waals surface area (Å²) in [5.74, 6) is 0.731. The number of rotatable bonds is 5. The van der Waals surface area contributed by atoms with Crippen LogP contribution >= 0.6 is 0 Å². The minimum absolute atomic E-state index is 0.346. The van der Waals surface area contributed by atoms with E-state index in [1.54, 1.807) is 12.4 Å². The summed E-state index contributed by atoms with van der Waals surface area (Å²) in [5, 5.41) is 3.63. The number of hydrogen-bond acceptors (Lipinski definition) is 4. The predicted octanol–water partition coefficient (Wildman–Crippen LogP) is 3.10. The van der Waals surface area contributed by atoms with Gasteiger partial charge in [-0.1, -0.05) is 19.1 Å². The van der Waals surface area contributed by atoms with E-state index < -0.39 is 0 Å². The van der Waals surface area contributed by atoms with Gasteiger partial charge in [-0.25, -0.2) is 0 Å². The van der Waals surface area contributed by atoms with Crippen molar-refractivity contribution in [3.8, 4) is 0 Å². The standard InChI is InChI=1S/C17H23N3O/c1-2-18-16(12-13-6-10-21-11-7-13)14-4-3-5-15-17(14)20-9-8-19-15/h3-5,8-9,13,16,18H,2,6-7,10-12H2,1H3. The maximum Gasteiger partial charge on any atom is 0.0934 e. The molecule has 3 rings (SSSR count). The molecule has 1 aliphatic rings. The van der Waals surface area contributed by atoms with E-state index in [4.69, 9.17) is 4.74 Å². The average Bonchev–Trinajstić information content (AvgIpc) is 2.55. The molecule has 1 aromatic carbocycles. The van der Waals surface area contributed by atoms with E-state index in [0.717, 1.165) is 43.1 Å². The van der Waals surface area contributed by atoms with Crippen LogP contribution in [0.15, 0.2) is 30.6 Å². The monoisotopic (exact) mass is 285 g/mol. The van der Waals surface area contributed by atoms with Crippen LogP contribution in [0.1, 0.15) is 37.8 Å². The van der Waals surface area contributed by atoms with Crippen LogP contribution in [0.5, 0.6) is 0 Å². The number of nitrogens with one attached hydrogen (secondary N) is 1. The normalized spacial score (nSPS) is 18.0. The summed E-state index contributed by atoms with van der Waals surface area (Å²) in [6.07, 6.45) is 7.01. The van der Waals surface area contributed by atoms with Gasteiger partial charge in [-0.05, 0) is 43.4 Å². The van der Waals surface area contributed by atoms with E-state index in [0.29, 0.717) is 6.04 Å². The predicted molar refractivity (Wildman–Crippen MR) is 84.1 cm³/mol. The van der Waals surface area contributed by atoms with Crippen molar-refractivity contribution in [1.29, 1.82) is 0 Å². The summed E-state index contributed by atoms with van der Waals surface area (Å²) < 4.78 is 5.47. The molecule has 1 atom stereocenters. The van der Waals surface area contributed by atoms with Gasteiger partial charge in [0.2, 0.25) is 0 Å². The zero-order valence-electron chi connectivity index (χ0n) is 12.6. The van der Waals surface area contributed by atoms with Crippen LogP contribution < -0.4 is 5.32 Å². The molecule has 0 spiro atoms. The van der Waals surface area contributed by atoms with Gasteiger partial charge in [-0.3, -0.25) is 9.97 Å². The van der Waals surface area contributed by atoms with Crippen LogP contribution in [-0.4, -0.2) is 29.7 Å². The average molecular weight is 285 g/mol. The highest BCUT2D eigenvalue weighted by atomic mass is 16.5. The summed E-state index contributed by atoms with van der Waals surface area (Å²) >= 11 is 0. The van der Waals surface area contributed by atoms with E-state index in [1.165, 1.54) is 18.4 Å². The molecule has 2 heterocycles. The highest BCUT2D eigenvalue weighted by Crippen LogP contribution is 2.30. The van der Waals surface area contributed by atoms with Crippen LogP contribution in [-0.2, 0) is 4.74 Å². The Labute approximate surface area is 125 Å². The molecule has 1 fully saturated rings. The zero-order chi connectivity index (χ0) is 14.5. The minimum atomic E-state index is 0.346. The fraction of sp³-hybridized carbons (Fsp3) is 0.529. The largest absolute Gasteiger partial charge is 0.381 e. The van der Waals surface area contributed by atoms with Gasteiger partial charge in [0.15, 0.2) is 0 Å². The minimum Gasteiger partial charge on any atom is -0.381 e. The van der Waals surface area contributed by atoms with Crippen molar-refractivity contribution in [2.24, 2.45) is 5.92 Å². The molecule has 1 aliphatic heterocycles. The molecular formula is C17H23N3O. The second-order valence-electron chi connectivity index (χ2n) is 5.67. The summed E-state index contributed by atoms with van der Waals surface area (Å²) in [6, 6.07) is 6.65. The first-order valence-electron chi connectivity index (χ1n) is 7.89. The molecule has 112 valence electrons. The lowest BCUT2D eigenvalue weighted by Crippen LogP contribution is -2.26. The molecule has 4 nitrogen and oxygen atoms in total. The Hall–Kier alpha value is -1.52. The number of nitrogens with zero attached hydrogens (tertiary/aromatic N) is 2. The Bertz CT molecular complexity index is 576. The fourth-order valence-corrected chi connectivity index (χ4v) is 3.18. The molecule has 2 aromatic rings. The Morgan fingerprint density at radius 2 is 2.05 bits per heavy atom. The van der Waals surface area contributed by atoms with Crippen molar-refractivity contribution in [3.05, 3.63) is 36.2 Å². The van der Waals surface area contributed by atoms with E-state index in [2.05, 4.69) is 34.3 Å². The smallest absolute Gasteiger partial charge is 0.0934 e. The number of fused-ring (bicyclic) bond motifs is 1. The molecular weight excluding hydrogens is 262 g/mol. The number of para-hydroxylation sites is 1. The molecule has 21 heavy (non-hydrogen) atoms. The number of ether oxygens (including phenoxy) is 1. The van der Waals surface area contributed by atoms with Crippen molar-refractivity contribution in [1.82, 2.24) is 15.3 Å². The fourth-order valence-electron chi connectivity index (χ4n) is 3.18. The number of benzene rings is 1. The highest BCUT2D eigenvalue weighted by molar-refractivity contribution is 5.78. The van der Waals surface area contributed by atoms with Crippen molar-refractivity contribution in [3.63, 3.8) is 0 Å². The van der Waals surface area contributed by atoms with Crippen molar-refractivity contribution < 1.29 is 4.74 Å². The summed E-state index contributed by atoms with van der Waals surface area (Å²) in [4.78, 5) is 8.97. The van der Waals surface area contributed by atoms with Crippen molar-refractivity contribution in [2.45, 2.75) is 32.2 Å². The van der Waals surface area contributed by atoms with Gasteiger partial charge in [0.1, 0.15) is 0 Å². The summed E-state index contributed by atoms with van der Waals surface area (Å²) in [5.41, 5.74) is 3.27. The van der Waals surface area contributed by atoms with Gasteiger partial charge in [0.25, 0.3) is 0 Å². The van der Waals surface area contributed by atoms with Gasteiger partial charge in [-0.2, -0.15) is 0 Å². The molecule has 1 N–H and O–H groups in total. The lowest BCUT2D eigenvalue weighted by Gasteiger charge is -2.27. The van der Waals surface area contributed by atoms with E-state index >= 15 is 0 Å². The first kappa shape index (κ1) is 14.4. The molecule has 1 unspecified atom stereocenters. The molecule has 0 amide bonds. The van der Waals surface area contributed by atoms with Crippen molar-refractivity contribution in [2.75, 3.05) is 19.8 Å². The summed E-state index contributed by atoms with van der Waals surface area (Å²) in [6.45, 7) is 4.93. The second kappa shape index (κ2) is 6.96. The molecule has 0 radical (unpaired) electrons. The van der Waals surface area contributed by atoms with Gasteiger partial charge < -0.3 is 10.1 Å². The first-order chi connectivity index (χ1) is 10.4.